The first-order chi connectivity index (χ1) is 11.5. The zero-order valence-electron chi connectivity index (χ0n) is 12.6. The molecule has 0 spiro atoms. The van der Waals surface area contributed by atoms with E-state index in [1.807, 2.05) is 0 Å². The van der Waals surface area contributed by atoms with Crippen molar-refractivity contribution >= 4 is 22.8 Å². The maximum Gasteiger partial charge on any atom is 0.349 e. The molecule has 0 atom stereocenters. The van der Waals surface area contributed by atoms with E-state index in [1.54, 1.807) is 48.5 Å². The zero-order chi connectivity index (χ0) is 17.1. The van der Waals surface area contributed by atoms with Crippen LogP contribution in [-0.2, 0) is 6.54 Å². The van der Waals surface area contributed by atoms with Crippen molar-refractivity contribution in [1.82, 2.24) is 5.32 Å². The predicted molar refractivity (Wildman–Crippen MR) is 88.6 cm³/mol. The molecular formula is C18H14N2O4. The molecule has 3 rings (SSSR count). The molecule has 0 fully saturated rings. The zero-order valence-corrected chi connectivity index (χ0v) is 12.6. The van der Waals surface area contributed by atoms with Gasteiger partial charge in [-0.1, -0.05) is 30.3 Å². The fraction of sp³-hybridized carbons (Fsp3) is 0.0556. The maximum atomic E-state index is 12.2. The molecule has 0 aliphatic rings. The minimum Gasteiger partial charge on any atom is -0.422 e. The lowest BCUT2D eigenvalue weighted by Crippen LogP contribution is -2.28. The van der Waals surface area contributed by atoms with Crippen molar-refractivity contribution in [2.75, 3.05) is 0 Å². The summed E-state index contributed by atoms with van der Waals surface area (Å²) in [6.07, 6.45) is 0. The molecule has 0 saturated heterocycles. The summed E-state index contributed by atoms with van der Waals surface area (Å²) in [6, 6.07) is 15.0. The molecule has 1 aromatic heterocycles. The van der Waals surface area contributed by atoms with Crippen LogP contribution >= 0.6 is 0 Å². The lowest BCUT2D eigenvalue weighted by Gasteiger charge is -2.06. The van der Waals surface area contributed by atoms with Crippen LogP contribution in [0, 0.1) is 0 Å². The number of benzene rings is 2. The largest absolute Gasteiger partial charge is 0.422 e. The molecule has 3 aromatic rings. The van der Waals surface area contributed by atoms with Gasteiger partial charge >= 0.3 is 5.63 Å². The molecule has 0 aliphatic carbocycles. The summed E-state index contributed by atoms with van der Waals surface area (Å²) in [7, 11) is 0. The Morgan fingerprint density at radius 1 is 1.04 bits per heavy atom. The van der Waals surface area contributed by atoms with Crippen molar-refractivity contribution in [3.8, 4) is 0 Å². The Hall–Kier alpha value is -3.41. The van der Waals surface area contributed by atoms with Gasteiger partial charge in [0, 0.05) is 17.5 Å². The summed E-state index contributed by atoms with van der Waals surface area (Å²) >= 11 is 0. The Morgan fingerprint density at radius 2 is 1.83 bits per heavy atom. The number of para-hydroxylation sites is 1. The minimum absolute atomic E-state index is 0.0697. The highest BCUT2D eigenvalue weighted by Gasteiger charge is 2.13. The molecule has 6 nitrogen and oxygen atoms in total. The third-order valence-electron chi connectivity index (χ3n) is 3.55. The number of hydrogen-bond acceptors (Lipinski definition) is 4. The lowest BCUT2D eigenvalue weighted by atomic mass is 10.1. The smallest absolute Gasteiger partial charge is 0.349 e. The second-order valence-corrected chi connectivity index (χ2v) is 5.23. The Balaban J connectivity index is 1.80. The van der Waals surface area contributed by atoms with Gasteiger partial charge in [0.1, 0.15) is 11.1 Å². The quantitative estimate of drug-likeness (QED) is 0.715. The fourth-order valence-electron chi connectivity index (χ4n) is 2.33. The molecule has 0 bridgehead atoms. The molecule has 24 heavy (non-hydrogen) atoms. The number of amides is 2. The van der Waals surface area contributed by atoms with E-state index in [0.717, 1.165) is 0 Å². The van der Waals surface area contributed by atoms with Crippen molar-refractivity contribution in [2.24, 2.45) is 5.73 Å². The number of rotatable bonds is 4. The van der Waals surface area contributed by atoms with E-state index in [9.17, 15) is 14.4 Å². The lowest BCUT2D eigenvalue weighted by molar-refractivity contribution is 0.0946. The van der Waals surface area contributed by atoms with Crippen molar-refractivity contribution in [2.45, 2.75) is 6.54 Å². The molecule has 2 aromatic carbocycles. The van der Waals surface area contributed by atoms with E-state index in [0.29, 0.717) is 22.1 Å². The summed E-state index contributed by atoms with van der Waals surface area (Å²) in [4.78, 5) is 35.3. The number of nitrogens with one attached hydrogen (secondary N) is 1. The van der Waals surface area contributed by atoms with E-state index in [1.165, 1.54) is 6.07 Å². The van der Waals surface area contributed by atoms with E-state index in [4.69, 9.17) is 10.2 Å². The van der Waals surface area contributed by atoms with Crippen LogP contribution in [0.5, 0.6) is 0 Å². The summed E-state index contributed by atoms with van der Waals surface area (Å²) < 4.78 is 5.14. The first-order valence-corrected chi connectivity index (χ1v) is 7.24. The summed E-state index contributed by atoms with van der Waals surface area (Å²) in [5.41, 5.74) is 5.93. The van der Waals surface area contributed by atoms with Gasteiger partial charge in [0.25, 0.3) is 5.91 Å². The Labute approximate surface area is 136 Å². The summed E-state index contributed by atoms with van der Waals surface area (Å²) in [5, 5.41) is 3.30. The van der Waals surface area contributed by atoms with Crippen molar-refractivity contribution in [1.29, 1.82) is 0 Å². The maximum absolute atomic E-state index is 12.2. The second-order valence-electron chi connectivity index (χ2n) is 5.23. The Morgan fingerprint density at radius 3 is 2.62 bits per heavy atom. The molecule has 0 radical (unpaired) electrons. The van der Waals surface area contributed by atoms with Gasteiger partial charge in [-0.2, -0.15) is 0 Å². The number of carbonyl (C=O) groups is 2. The first-order valence-electron chi connectivity index (χ1n) is 7.24. The topological polar surface area (TPSA) is 102 Å². The monoisotopic (exact) mass is 322 g/mol. The van der Waals surface area contributed by atoms with Crippen LogP contribution in [0.4, 0.5) is 0 Å². The SMILES string of the molecule is NC(=O)c1cccc(CNC(=O)c2cc3ccccc3oc2=O)c1. The van der Waals surface area contributed by atoms with Crippen LogP contribution < -0.4 is 16.7 Å². The van der Waals surface area contributed by atoms with Gasteiger partial charge in [0.15, 0.2) is 0 Å². The van der Waals surface area contributed by atoms with Crippen LogP contribution in [0.15, 0.2) is 63.8 Å². The number of nitrogens with two attached hydrogens (primary N) is 1. The molecule has 0 unspecified atom stereocenters. The molecule has 2 amide bonds. The van der Waals surface area contributed by atoms with Crippen LogP contribution in [0.1, 0.15) is 26.3 Å². The average Bonchev–Trinajstić information content (AvgIpc) is 2.59. The van der Waals surface area contributed by atoms with E-state index in [-0.39, 0.29) is 12.1 Å². The van der Waals surface area contributed by atoms with Crippen molar-refractivity contribution in [3.63, 3.8) is 0 Å². The summed E-state index contributed by atoms with van der Waals surface area (Å²) in [5.74, 6) is -1.09. The van der Waals surface area contributed by atoms with E-state index < -0.39 is 17.4 Å². The van der Waals surface area contributed by atoms with Crippen LogP contribution in [0.3, 0.4) is 0 Å². The van der Waals surface area contributed by atoms with Gasteiger partial charge in [-0.05, 0) is 29.8 Å². The predicted octanol–water partition coefficient (Wildman–Crippen LogP) is 1.82. The van der Waals surface area contributed by atoms with E-state index in [2.05, 4.69) is 5.32 Å². The minimum atomic E-state index is -0.697. The third kappa shape index (κ3) is 3.17. The van der Waals surface area contributed by atoms with E-state index >= 15 is 0 Å². The number of fused-ring (bicyclic) bond motifs is 1. The van der Waals surface area contributed by atoms with Gasteiger partial charge in [-0.25, -0.2) is 4.79 Å². The highest BCUT2D eigenvalue weighted by atomic mass is 16.4. The highest BCUT2D eigenvalue weighted by Crippen LogP contribution is 2.12. The fourth-order valence-corrected chi connectivity index (χ4v) is 2.33. The average molecular weight is 322 g/mol. The molecular weight excluding hydrogens is 308 g/mol. The van der Waals surface area contributed by atoms with Gasteiger partial charge < -0.3 is 15.5 Å². The number of hydrogen-bond donors (Lipinski definition) is 2. The normalized spacial score (nSPS) is 10.5. The third-order valence-corrected chi connectivity index (χ3v) is 3.55. The first kappa shape index (κ1) is 15.5. The second kappa shape index (κ2) is 6.37. The molecule has 3 N–H and O–H groups in total. The Bertz CT molecular complexity index is 991. The molecule has 0 aliphatic heterocycles. The van der Waals surface area contributed by atoms with Crippen LogP contribution in [-0.4, -0.2) is 11.8 Å². The van der Waals surface area contributed by atoms with Crippen molar-refractivity contribution < 1.29 is 14.0 Å². The standard InChI is InChI=1S/C18H14N2O4/c19-16(21)13-6-3-4-11(8-13)10-20-17(22)14-9-12-5-1-2-7-15(12)24-18(14)23/h1-9H,10H2,(H2,19,21)(H,20,22). The van der Waals surface area contributed by atoms with Gasteiger partial charge in [0.2, 0.25) is 5.91 Å². The molecule has 0 saturated carbocycles. The van der Waals surface area contributed by atoms with Crippen molar-refractivity contribution in [3.05, 3.63) is 81.7 Å². The molecule has 6 heteroatoms. The summed E-state index contributed by atoms with van der Waals surface area (Å²) in [6.45, 7) is 0.159. The number of carbonyl (C=O) groups excluding carboxylic acids is 2. The highest BCUT2D eigenvalue weighted by molar-refractivity contribution is 5.96. The van der Waals surface area contributed by atoms with Crippen LogP contribution in [0.25, 0.3) is 11.0 Å². The Kier molecular flexibility index (Phi) is 4.11. The van der Waals surface area contributed by atoms with Crippen LogP contribution in [0.2, 0.25) is 0 Å². The van der Waals surface area contributed by atoms with Gasteiger partial charge in [0.05, 0.1) is 0 Å². The number of primary amides is 1. The van der Waals surface area contributed by atoms with Gasteiger partial charge in [-0.15, -0.1) is 0 Å². The molecule has 120 valence electrons. The molecule has 1 heterocycles. The van der Waals surface area contributed by atoms with Gasteiger partial charge in [-0.3, -0.25) is 9.59 Å².